The van der Waals surface area contributed by atoms with E-state index in [1.54, 1.807) is 6.07 Å². The van der Waals surface area contributed by atoms with Gasteiger partial charge in [0, 0.05) is 43.4 Å². The molecular formula is C25H30F2N8S3. The van der Waals surface area contributed by atoms with Crippen molar-refractivity contribution in [3.63, 3.8) is 0 Å². The number of thiol groups is 3. The Bertz CT molecular complexity index is 1440. The molecule has 6 rings (SSSR count). The van der Waals surface area contributed by atoms with Gasteiger partial charge < -0.3 is 10.2 Å². The highest BCUT2D eigenvalue weighted by molar-refractivity contribution is 8.16. The number of nitrogens with zero attached hydrogens (tertiary/aromatic N) is 7. The maximum Gasteiger partial charge on any atom is 0.258 e. The summed E-state index contributed by atoms with van der Waals surface area (Å²) >= 11 is 13.6. The first-order valence-corrected chi connectivity index (χ1v) is 14.3. The topological polar surface area (TPSA) is 76.2 Å². The van der Waals surface area contributed by atoms with Crippen molar-refractivity contribution < 1.29 is 8.78 Å². The summed E-state index contributed by atoms with van der Waals surface area (Å²) < 4.78 is 28.3. The van der Waals surface area contributed by atoms with Gasteiger partial charge in [-0.2, -0.15) is 37.9 Å². The highest BCUT2D eigenvalue weighted by atomic mass is 32.2. The standard InChI is InChI=1S/C25H30F2N8S3/c26-22(27)14-35-21-12-15(4-5-19(21)30-32-35)18-8-11-34-23(18)20(13-25(36,37)38)29-24(31-34)28-16-6-9-33(10-7-16)17-2-1-3-17/h4-5,8,11-12,16-17,22,36-38H,1-3,6-7,9-10,13-14H2,(H,28,31). The molecule has 38 heavy (non-hydrogen) atoms. The lowest BCUT2D eigenvalue weighted by atomic mass is 9.89. The number of hydrogen-bond donors (Lipinski definition) is 4. The number of piperidine rings is 1. The molecular weight excluding hydrogens is 547 g/mol. The van der Waals surface area contributed by atoms with Gasteiger partial charge in [0.25, 0.3) is 6.43 Å². The van der Waals surface area contributed by atoms with E-state index in [1.807, 2.05) is 28.9 Å². The van der Waals surface area contributed by atoms with E-state index in [2.05, 4.69) is 58.4 Å². The van der Waals surface area contributed by atoms with Crippen LogP contribution in [0.25, 0.3) is 27.7 Å². The second kappa shape index (κ2) is 10.5. The number of hydrogen-bond acceptors (Lipinski definition) is 9. The Morgan fingerprint density at radius 1 is 1.08 bits per heavy atom. The quantitative estimate of drug-likeness (QED) is 0.178. The van der Waals surface area contributed by atoms with Crippen LogP contribution in [0.4, 0.5) is 14.7 Å². The second-order valence-corrected chi connectivity index (χ2v) is 13.6. The van der Waals surface area contributed by atoms with Crippen LogP contribution in [-0.2, 0) is 13.0 Å². The summed E-state index contributed by atoms with van der Waals surface area (Å²) in [6, 6.07) is 8.55. The van der Waals surface area contributed by atoms with Crippen LogP contribution in [0.15, 0.2) is 30.5 Å². The van der Waals surface area contributed by atoms with Crippen molar-refractivity contribution in [1.29, 1.82) is 0 Å². The van der Waals surface area contributed by atoms with Gasteiger partial charge in [-0.15, -0.1) is 10.2 Å². The first-order chi connectivity index (χ1) is 18.2. The number of benzene rings is 1. The van der Waals surface area contributed by atoms with Crippen molar-refractivity contribution >= 4 is 60.4 Å². The van der Waals surface area contributed by atoms with Crippen molar-refractivity contribution in [1.82, 2.24) is 34.5 Å². The van der Waals surface area contributed by atoms with Gasteiger partial charge in [-0.25, -0.2) is 23.0 Å². The number of halogens is 2. The molecule has 2 aliphatic rings. The Morgan fingerprint density at radius 2 is 1.87 bits per heavy atom. The molecule has 0 amide bonds. The van der Waals surface area contributed by atoms with Gasteiger partial charge in [0.15, 0.2) is 0 Å². The Hall–Kier alpha value is -2.09. The van der Waals surface area contributed by atoms with Gasteiger partial charge in [-0.05, 0) is 49.4 Å². The number of rotatable bonds is 8. The SMILES string of the molecule is FC(F)Cn1nnc2ccc(-c3ccn4nc(NC5CCN(C6CCC6)CC5)nc(CC(S)(S)S)c34)cc21. The molecule has 1 saturated heterocycles. The number of likely N-dealkylation sites (tertiary alicyclic amines) is 1. The number of alkyl halides is 2. The summed E-state index contributed by atoms with van der Waals surface area (Å²) in [5.41, 5.74) is 4.34. The molecule has 2 fully saturated rings. The smallest absolute Gasteiger partial charge is 0.258 e. The average molecular weight is 577 g/mol. The van der Waals surface area contributed by atoms with Crippen LogP contribution < -0.4 is 5.32 Å². The molecule has 202 valence electrons. The predicted octanol–water partition coefficient (Wildman–Crippen LogP) is 4.82. The van der Waals surface area contributed by atoms with E-state index < -0.39 is 16.4 Å². The molecule has 13 heteroatoms. The van der Waals surface area contributed by atoms with E-state index >= 15 is 0 Å². The fourth-order valence-corrected chi connectivity index (χ4v) is 5.93. The first kappa shape index (κ1) is 26.1. The third-order valence-electron chi connectivity index (χ3n) is 7.58. The van der Waals surface area contributed by atoms with Crippen molar-refractivity contribution in [2.45, 2.75) is 67.0 Å². The molecule has 1 N–H and O–H groups in total. The number of nitrogens with one attached hydrogen (secondary N) is 1. The minimum absolute atomic E-state index is 0.310. The minimum Gasteiger partial charge on any atom is -0.350 e. The largest absolute Gasteiger partial charge is 0.350 e. The summed E-state index contributed by atoms with van der Waals surface area (Å²) in [7, 11) is 0. The Morgan fingerprint density at radius 3 is 2.55 bits per heavy atom. The molecule has 1 saturated carbocycles. The Balaban J connectivity index is 1.32. The van der Waals surface area contributed by atoms with Gasteiger partial charge in [-0.1, -0.05) is 17.7 Å². The molecule has 8 nitrogen and oxygen atoms in total. The highest BCUT2D eigenvalue weighted by Gasteiger charge is 2.29. The van der Waals surface area contributed by atoms with Gasteiger partial charge in [0.2, 0.25) is 5.95 Å². The zero-order chi connectivity index (χ0) is 26.4. The highest BCUT2D eigenvalue weighted by Crippen LogP contribution is 2.35. The molecule has 3 aromatic heterocycles. The van der Waals surface area contributed by atoms with Gasteiger partial charge in [0.05, 0.1) is 16.7 Å². The summed E-state index contributed by atoms with van der Waals surface area (Å²) in [6.07, 6.45) is 5.85. The molecule has 0 radical (unpaired) electrons. The fraction of sp³-hybridized carbons (Fsp3) is 0.520. The van der Waals surface area contributed by atoms with E-state index in [-0.39, 0.29) is 0 Å². The number of aromatic nitrogens is 6. The Kier molecular flexibility index (Phi) is 7.21. The zero-order valence-corrected chi connectivity index (χ0v) is 23.4. The molecule has 0 unspecified atom stereocenters. The second-order valence-electron chi connectivity index (χ2n) is 10.3. The molecule has 0 atom stereocenters. The molecule has 4 heterocycles. The average Bonchev–Trinajstić information content (AvgIpc) is 3.42. The van der Waals surface area contributed by atoms with Gasteiger partial charge in [-0.3, -0.25) is 0 Å². The van der Waals surface area contributed by atoms with Crippen LogP contribution in [0.3, 0.4) is 0 Å². The van der Waals surface area contributed by atoms with Crippen LogP contribution in [0.5, 0.6) is 0 Å². The van der Waals surface area contributed by atoms with E-state index in [9.17, 15) is 8.78 Å². The third-order valence-corrected chi connectivity index (χ3v) is 8.05. The van der Waals surface area contributed by atoms with Crippen molar-refractivity contribution in [3.8, 4) is 11.1 Å². The fourth-order valence-electron chi connectivity index (χ4n) is 5.48. The molecule has 1 aromatic carbocycles. The normalized spacial score (nSPS) is 18.1. The monoisotopic (exact) mass is 576 g/mol. The van der Waals surface area contributed by atoms with Crippen molar-refractivity contribution in [2.75, 3.05) is 18.4 Å². The molecule has 4 aromatic rings. The molecule has 1 aliphatic heterocycles. The molecule has 0 bridgehead atoms. The van der Waals surface area contributed by atoms with E-state index in [4.69, 9.17) is 10.1 Å². The molecule has 1 aliphatic carbocycles. The zero-order valence-electron chi connectivity index (χ0n) is 20.7. The number of fused-ring (bicyclic) bond motifs is 2. The lowest BCUT2D eigenvalue weighted by molar-refractivity contribution is 0.101. The van der Waals surface area contributed by atoms with E-state index in [0.29, 0.717) is 29.4 Å². The van der Waals surface area contributed by atoms with E-state index in [1.165, 1.54) is 23.9 Å². The van der Waals surface area contributed by atoms with Crippen LogP contribution >= 0.6 is 37.9 Å². The van der Waals surface area contributed by atoms with Crippen LogP contribution in [0.1, 0.15) is 37.8 Å². The van der Waals surface area contributed by atoms with Crippen molar-refractivity contribution in [2.24, 2.45) is 0 Å². The van der Waals surface area contributed by atoms with Crippen molar-refractivity contribution in [3.05, 3.63) is 36.2 Å². The summed E-state index contributed by atoms with van der Waals surface area (Å²) in [5, 5.41) is 16.2. The van der Waals surface area contributed by atoms with Gasteiger partial charge >= 0.3 is 0 Å². The maximum atomic E-state index is 13.1. The lowest BCUT2D eigenvalue weighted by Crippen LogP contribution is -2.47. The third kappa shape index (κ3) is 5.47. The summed E-state index contributed by atoms with van der Waals surface area (Å²) in [6.45, 7) is 1.68. The van der Waals surface area contributed by atoms with Crippen LogP contribution in [-0.4, -0.2) is 69.5 Å². The predicted molar refractivity (Wildman–Crippen MR) is 155 cm³/mol. The maximum absolute atomic E-state index is 13.1. The molecule has 0 spiro atoms. The first-order valence-electron chi connectivity index (χ1n) is 12.9. The summed E-state index contributed by atoms with van der Waals surface area (Å²) in [4.78, 5) is 7.51. The number of anilines is 1. The Labute approximate surface area is 235 Å². The van der Waals surface area contributed by atoms with Crippen LogP contribution in [0, 0.1) is 0 Å². The lowest BCUT2D eigenvalue weighted by Gasteiger charge is -2.41. The minimum atomic E-state index is -2.52. The van der Waals surface area contributed by atoms with Gasteiger partial charge in [0.1, 0.15) is 15.5 Å². The van der Waals surface area contributed by atoms with E-state index in [0.717, 1.165) is 54.3 Å². The van der Waals surface area contributed by atoms with Crippen LogP contribution in [0.2, 0.25) is 0 Å². The summed E-state index contributed by atoms with van der Waals surface area (Å²) in [5.74, 6) is 0.561.